The van der Waals surface area contributed by atoms with Crippen LogP contribution in [-0.4, -0.2) is 133 Å². The minimum Gasteiger partial charge on any atom is -0.462 e. The van der Waals surface area contributed by atoms with Crippen LogP contribution in [0, 0.1) is 35.5 Å². The zero-order valence-corrected chi connectivity index (χ0v) is 41.6. The van der Waals surface area contributed by atoms with Crippen molar-refractivity contribution in [2.45, 2.75) is 180 Å². The van der Waals surface area contributed by atoms with Gasteiger partial charge in [-0.05, 0) is 107 Å². The summed E-state index contributed by atoms with van der Waals surface area (Å²) in [5, 5.41) is 23.4. The summed E-state index contributed by atoms with van der Waals surface area (Å²) < 4.78 is 34.8. The quantitative estimate of drug-likeness (QED) is 0.118. The third kappa shape index (κ3) is 14.8. The van der Waals surface area contributed by atoms with E-state index in [-0.39, 0.29) is 60.9 Å². The maximum absolute atomic E-state index is 14.4. The van der Waals surface area contributed by atoms with Crippen LogP contribution in [0.1, 0.15) is 126 Å². The van der Waals surface area contributed by atoms with Gasteiger partial charge in [-0.25, -0.2) is 4.79 Å². The lowest BCUT2D eigenvalue weighted by Crippen LogP contribution is -2.61. The molecule has 1 aliphatic carbocycles. The molecule has 4 aliphatic rings. The Kier molecular flexibility index (Phi) is 21.8. The van der Waals surface area contributed by atoms with Crippen molar-refractivity contribution in [1.29, 1.82) is 0 Å². The molecular formula is C52H79NO14. The van der Waals surface area contributed by atoms with Gasteiger partial charge in [0.2, 0.25) is 5.79 Å². The van der Waals surface area contributed by atoms with Crippen LogP contribution in [0.5, 0.6) is 0 Å². The molecule has 2 saturated heterocycles. The van der Waals surface area contributed by atoms with Gasteiger partial charge in [-0.1, -0.05) is 71.1 Å². The number of methoxy groups -OCH3 is 3. The van der Waals surface area contributed by atoms with Gasteiger partial charge in [0.25, 0.3) is 18.2 Å². The number of piperidine rings is 1. The number of hydrogen-bond acceptors (Lipinski definition) is 14. The van der Waals surface area contributed by atoms with Crippen molar-refractivity contribution in [3.63, 3.8) is 0 Å². The van der Waals surface area contributed by atoms with E-state index in [4.69, 9.17) is 28.4 Å². The summed E-state index contributed by atoms with van der Waals surface area (Å²) in [5.41, 5.74) is 1.25. The van der Waals surface area contributed by atoms with Crippen LogP contribution in [0.15, 0.2) is 47.6 Å². The summed E-state index contributed by atoms with van der Waals surface area (Å²) in [6.45, 7) is 13.1. The number of Topliss-reactive ketones (excluding diaryl/α,β-unsaturated/α-hetero) is 3. The highest BCUT2D eigenvalue weighted by atomic mass is 16.6. The molecule has 3 heterocycles. The largest absolute Gasteiger partial charge is 0.462 e. The molecule has 0 aromatic heterocycles. The van der Waals surface area contributed by atoms with Gasteiger partial charge in [-0.3, -0.25) is 24.0 Å². The summed E-state index contributed by atoms with van der Waals surface area (Å²) in [6, 6.07) is -1.16. The molecule has 2 N–H and O–H groups in total. The molecule has 0 aromatic rings. The number of allylic oxidation sites excluding steroid dienone is 6. The van der Waals surface area contributed by atoms with E-state index in [0.29, 0.717) is 76.3 Å². The molecule has 15 nitrogen and oxygen atoms in total. The number of rotatable bonds is 8. The van der Waals surface area contributed by atoms with Gasteiger partial charge < -0.3 is 43.5 Å². The third-order valence-electron chi connectivity index (χ3n) is 14.7. The number of ether oxygens (including phenoxy) is 6. The number of hydrogen-bond donors (Lipinski definition) is 2. The van der Waals surface area contributed by atoms with Crippen molar-refractivity contribution in [1.82, 2.24) is 4.90 Å². The molecule has 0 aromatic carbocycles. The number of ketones is 3. The van der Waals surface area contributed by atoms with Crippen molar-refractivity contribution in [2.75, 3.05) is 27.9 Å². The monoisotopic (exact) mass is 942 g/mol. The Morgan fingerprint density at radius 2 is 1.60 bits per heavy atom. The van der Waals surface area contributed by atoms with Gasteiger partial charge in [-0.15, -0.1) is 0 Å². The van der Waals surface area contributed by atoms with Crippen LogP contribution in [-0.2, 0) is 57.2 Å². The van der Waals surface area contributed by atoms with E-state index in [2.05, 4.69) is 0 Å². The molecule has 1 amide bonds. The first-order valence-corrected chi connectivity index (χ1v) is 24.4. The molecule has 376 valence electrons. The Hall–Kier alpha value is -3.86. The second kappa shape index (κ2) is 26.2. The molecular weight excluding hydrogens is 863 g/mol. The number of nitrogens with zero attached hydrogens (tertiary/aromatic N) is 1. The number of aliphatic hydroxyl groups excluding tert-OH is 1. The highest BCUT2D eigenvalue weighted by Crippen LogP contribution is 2.38. The maximum Gasteiger partial charge on any atom is 0.329 e. The lowest BCUT2D eigenvalue weighted by Gasteiger charge is -2.42. The fraction of sp³-hybridized carbons (Fsp3) is 0.731. The Morgan fingerprint density at radius 3 is 2.27 bits per heavy atom. The summed E-state index contributed by atoms with van der Waals surface area (Å²) >= 11 is 0. The topological polar surface area (TPSA) is 201 Å². The standard InChI is InChI=1S/C52H79NO14/c1-31-16-12-11-13-17-32(2)43(62-8)28-39-21-19-37(7)52(61,67-39)49(58)50(59)53-23-15-14-18-40(53)51(60)66-44(34(4)26-38-20-22-42(65-30-54)45(27-38)63-9)29-41(55)33(3)25-36(6)47(57)48(64-10)46(56)35(5)24-31/h11-13,16-17,25,30-31,33-35,37-40,42-45,47-48,57,61H,14-15,18-24,26-29H2,1-10H3/b13-11?,16-12+,32-17?,36-25+/t31-,33-,34-,35-,37-,38?,39+,40+,42-,43+,44+,45-,47-,48+,52-/m1/s1. The van der Waals surface area contributed by atoms with E-state index in [1.165, 1.54) is 12.0 Å². The normalized spacial score (nSPS) is 38.2. The highest BCUT2D eigenvalue weighted by Gasteiger charge is 2.53. The molecule has 15 atom stereocenters. The van der Waals surface area contributed by atoms with Crippen molar-refractivity contribution >= 4 is 35.7 Å². The maximum atomic E-state index is 14.4. The molecule has 1 saturated carbocycles. The van der Waals surface area contributed by atoms with E-state index in [1.54, 1.807) is 41.1 Å². The Bertz CT molecular complexity index is 1820. The van der Waals surface area contributed by atoms with Crippen molar-refractivity contribution < 1.29 is 67.4 Å². The number of aliphatic hydroxyl groups is 2. The van der Waals surface area contributed by atoms with E-state index in [0.717, 1.165) is 5.57 Å². The molecule has 3 fully saturated rings. The van der Waals surface area contributed by atoms with E-state index >= 15 is 0 Å². The summed E-state index contributed by atoms with van der Waals surface area (Å²) in [5.74, 6) is -8.14. The molecule has 67 heavy (non-hydrogen) atoms. The average Bonchev–Trinajstić information content (AvgIpc) is 3.30. The van der Waals surface area contributed by atoms with Crippen LogP contribution >= 0.6 is 0 Å². The highest BCUT2D eigenvalue weighted by molar-refractivity contribution is 6.39. The van der Waals surface area contributed by atoms with Crippen molar-refractivity contribution in [2.24, 2.45) is 35.5 Å². The van der Waals surface area contributed by atoms with Crippen LogP contribution in [0.4, 0.5) is 0 Å². The number of cyclic esters (lactones) is 1. The SMILES string of the molecule is CO[C@H]1C[C@@H]2CC[C@@H](C)[C@@](O)(O2)C(=O)C(=O)N2CCCC[C@H]2C(=O)O[C@H]([C@H](C)CC2CC[C@@H](OC=O)[C@H](OC)C2)CC(=O)[C@H](C)/C=C(\C)[C@@H](O)[C@@H](OC)C(=O)[C@H](C)C[C@H](C)/C=C/C=CC=C1C. The molecule has 3 aliphatic heterocycles. The molecule has 0 spiro atoms. The predicted octanol–water partition coefficient (Wildman–Crippen LogP) is 6.36. The number of carbonyl (C=O) groups excluding carboxylic acids is 6. The smallest absolute Gasteiger partial charge is 0.329 e. The van der Waals surface area contributed by atoms with Gasteiger partial charge in [0.15, 0.2) is 5.78 Å². The first-order chi connectivity index (χ1) is 31.8. The van der Waals surface area contributed by atoms with Crippen molar-refractivity contribution in [3.8, 4) is 0 Å². The minimum absolute atomic E-state index is 0.0117. The van der Waals surface area contributed by atoms with Crippen LogP contribution in [0.3, 0.4) is 0 Å². The van der Waals surface area contributed by atoms with Gasteiger partial charge in [-0.2, -0.15) is 0 Å². The summed E-state index contributed by atoms with van der Waals surface area (Å²) in [7, 11) is 4.51. The fourth-order valence-corrected chi connectivity index (χ4v) is 10.3. The number of amides is 1. The summed E-state index contributed by atoms with van der Waals surface area (Å²) in [4.78, 5) is 83.1. The second-order valence-corrected chi connectivity index (χ2v) is 19.8. The fourth-order valence-electron chi connectivity index (χ4n) is 10.3. The zero-order chi connectivity index (χ0) is 49.6. The lowest BCUT2D eigenvalue weighted by molar-refractivity contribution is -0.265. The first kappa shape index (κ1) is 55.7. The van der Waals surface area contributed by atoms with Crippen LogP contribution in [0.25, 0.3) is 0 Å². The Balaban J connectivity index is 1.70. The number of fused-ring (bicyclic) bond motifs is 3. The Labute approximate surface area is 398 Å². The van der Waals surface area contributed by atoms with Gasteiger partial charge >= 0.3 is 5.97 Å². The van der Waals surface area contributed by atoms with Crippen molar-refractivity contribution in [3.05, 3.63) is 47.6 Å². The van der Waals surface area contributed by atoms with Gasteiger partial charge in [0.1, 0.15) is 36.2 Å². The first-order valence-electron chi connectivity index (χ1n) is 24.4. The zero-order valence-electron chi connectivity index (χ0n) is 41.6. The molecule has 15 heteroatoms. The third-order valence-corrected chi connectivity index (χ3v) is 14.7. The van der Waals surface area contributed by atoms with E-state index in [9.17, 15) is 39.0 Å². The van der Waals surface area contributed by atoms with Gasteiger partial charge in [0.05, 0.1) is 18.3 Å². The number of carbonyl (C=O) groups is 6. The second-order valence-electron chi connectivity index (χ2n) is 19.8. The molecule has 4 rings (SSSR count). The van der Waals surface area contributed by atoms with E-state index < -0.39 is 77.8 Å². The van der Waals surface area contributed by atoms with E-state index in [1.807, 2.05) is 58.1 Å². The predicted molar refractivity (Wildman–Crippen MR) is 250 cm³/mol. The Morgan fingerprint density at radius 1 is 0.866 bits per heavy atom. The molecule has 2 bridgehead atoms. The van der Waals surface area contributed by atoms with Crippen LogP contribution < -0.4 is 0 Å². The number of esters is 1. The van der Waals surface area contributed by atoms with Crippen LogP contribution in [0.2, 0.25) is 0 Å². The molecule has 0 radical (unpaired) electrons. The lowest BCUT2D eigenvalue weighted by atomic mass is 9.78. The minimum atomic E-state index is -2.44. The molecule has 1 unspecified atom stereocenters. The van der Waals surface area contributed by atoms with Gasteiger partial charge in [0, 0.05) is 58.5 Å². The summed E-state index contributed by atoms with van der Waals surface area (Å²) in [6.07, 6.45) is 11.2. The average molecular weight is 942 g/mol.